The quantitative estimate of drug-likeness (QED) is 0.392. The molecule has 2 rings (SSSR count). The van der Waals surface area contributed by atoms with E-state index in [4.69, 9.17) is 104 Å². The van der Waals surface area contributed by atoms with Gasteiger partial charge in [0.1, 0.15) is 0 Å². The van der Waals surface area contributed by atoms with Crippen LogP contribution in [0.3, 0.4) is 0 Å². The molecule has 1 aromatic carbocycles. The molecule has 0 amide bonds. The zero-order valence-electron chi connectivity index (χ0n) is 10.4. The third kappa shape index (κ3) is 3.18. The zero-order chi connectivity index (χ0) is 17.0. The van der Waals surface area contributed by atoms with Crippen LogP contribution in [0.15, 0.2) is 29.8 Å². The molecular weight excluding hydrogens is 475 g/mol. The summed E-state index contributed by atoms with van der Waals surface area (Å²) in [7, 11) is 0. The van der Waals surface area contributed by atoms with Crippen LogP contribution in [-0.4, -0.2) is 16.8 Å². The Morgan fingerprint density at radius 1 is 0.636 bits per heavy atom. The molecule has 121 valence electrons. The summed E-state index contributed by atoms with van der Waals surface area (Å²) in [4.78, 5) is 0. The maximum absolute atomic E-state index is 6.37. The minimum Gasteiger partial charge on any atom is -0.0943 e. The topological polar surface area (TPSA) is 0 Å². The Bertz CT molecular complexity index is 610. The summed E-state index contributed by atoms with van der Waals surface area (Å²) < 4.78 is -8.70. The summed E-state index contributed by atoms with van der Waals surface area (Å²) in [6.45, 7) is 0. The first-order chi connectivity index (χ1) is 9.82. The van der Waals surface area contributed by atoms with Crippen LogP contribution in [0.25, 0.3) is 6.08 Å². The number of hydrogen-bond donors (Lipinski definition) is 0. The molecule has 22 heavy (non-hydrogen) atoms. The lowest BCUT2D eigenvalue weighted by Crippen LogP contribution is -2.56. The summed E-state index contributed by atoms with van der Waals surface area (Å²) in [5, 5.41) is 0. The second-order valence-corrected chi connectivity index (χ2v) is 10.9. The van der Waals surface area contributed by atoms with Crippen LogP contribution in [0.5, 0.6) is 0 Å². The number of rotatable bonds is 3. The van der Waals surface area contributed by atoms with Crippen LogP contribution in [0.1, 0.15) is 11.1 Å². The summed E-state index contributed by atoms with van der Waals surface area (Å²) in [5.41, 5.74) is 2.15. The Morgan fingerprint density at radius 2 is 1.14 bits per heavy atom. The van der Waals surface area contributed by atoms with Crippen molar-refractivity contribution in [3.63, 3.8) is 0 Å². The Balaban J connectivity index is 2.44. The third-order valence-electron chi connectivity index (χ3n) is 3.13. The number of halogens is 9. The van der Waals surface area contributed by atoms with Crippen molar-refractivity contribution in [2.75, 3.05) is 0 Å². The molecule has 1 aliphatic carbocycles. The number of alkyl halides is 9. The molecule has 1 aliphatic rings. The SMILES string of the molecule is ClC(Cl)(Cl)C(Cl)(Cl)C(Cl)(Cl)C(Cl)(Cl)C1=Cc2ccccc2[CH]1. The van der Waals surface area contributed by atoms with Gasteiger partial charge in [-0.1, -0.05) is 135 Å². The van der Waals surface area contributed by atoms with E-state index in [0.717, 1.165) is 11.1 Å². The summed E-state index contributed by atoms with van der Waals surface area (Å²) >= 11 is 54.7. The first-order valence-corrected chi connectivity index (χ1v) is 9.08. The molecular formula is C13H6Cl9. The first-order valence-electron chi connectivity index (χ1n) is 5.68. The highest BCUT2D eigenvalue weighted by atomic mass is 35.6. The number of fused-ring (bicyclic) bond motifs is 1. The van der Waals surface area contributed by atoms with E-state index in [9.17, 15) is 0 Å². The van der Waals surface area contributed by atoms with Crippen molar-refractivity contribution in [1.82, 2.24) is 0 Å². The van der Waals surface area contributed by atoms with Crippen molar-refractivity contribution < 1.29 is 0 Å². The van der Waals surface area contributed by atoms with Gasteiger partial charge in [-0.15, -0.1) is 0 Å². The lowest BCUT2D eigenvalue weighted by atomic mass is 10.0. The van der Waals surface area contributed by atoms with E-state index in [0.29, 0.717) is 5.57 Å². The molecule has 0 atom stereocenters. The highest BCUT2D eigenvalue weighted by Gasteiger charge is 2.69. The smallest absolute Gasteiger partial charge is 0.0943 e. The summed E-state index contributed by atoms with van der Waals surface area (Å²) in [6.07, 6.45) is 3.41. The second kappa shape index (κ2) is 6.38. The van der Waals surface area contributed by atoms with Gasteiger partial charge in [-0.25, -0.2) is 0 Å². The Labute approximate surface area is 173 Å². The predicted octanol–water partition coefficient (Wildman–Crippen LogP) is 7.53. The maximum atomic E-state index is 6.37. The van der Waals surface area contributed by atoms with Crippen molar-refractivity contribution in [2.45, 2.75) is 16.8 Å². The Hall–Kier alpha value is 1.57. The van der Waals surface area contributed by atoms with Crippen molar-refractivity contribution >= 4 is 110 Å². The molecule has 1 aromatic rings. The predicted molar refractivity (Wildman–Crippen MR) is 101 cm³/mol. The van der Waals surface area contributed by atoms with Gasteiger partial charge in [-0.2, -0.15) is 0 Å². The molecule has 0 fully saturated rings. The molecule has 0 aliphatic heterocycles. The van der Waals surface area contributed by atoms with Crippen molar-refractivity contribution in [3.8, 4) is 0 Å². The fraction of sp³-hybridized carbons (Fsp3) is 0.308. The van der Waals surface area contributed by atoms with Crippen molar-refractivity contribution in [1.29, 1.82) is 0 Å². The molecule has 0 spiro atoms. The molecule has 0 nitrogen and oxygen atoms in total. The molecule has 0 saturated heterocycles. The molecule has 0 heterocycles. The Morgan fingerprint density at radius 3 is 1.59 bits per heavy atom. The van der Waals surface area contributed by atoms with Gasteiger partial charge in [0.25, 0.3) is 0 Å². The van der Waals surface area contributed by atoms with Gasteiger partial charge in [0, 0.05) is 6.42 Å². The molecule has 9 heteroatoms. The Kier molecular flexibility index (Phi) is 5.77. The highest BCUT2D eigenvalue weighted by molar-refractivity contribution is 6.80. The van der Waals surface area contributed by atoms with Gasteiger partial charge in [-0.05, 0) is 16.7 Å². The van der Waals surface area contributed by atoms with Crippen LogP contribution in [0.4, 0.5) is 0 Å². The van der Waals surface area contributed by atoms with Crippen LogP contribution in [-0.2, 0) is 0 Å². The van der Waals surface area contributed by atoms with E-state index in [-0.39, 0.29) is 0 Å². The van der Waals surface area contributed by atoms with Gasteiger partial charge in [0.2, 0.25) is 8.13 Å². The van der Waals surface area contributed by atoms with E-state index in [2.05, 4.69) is 0 Å². The van der Waals surface area contributed by atoms with Gasteiger partial charge < -0.3 is 0 Å². The molecule has 0 bridgehead atoms. The first kappa shape index (κ1) is 19.9. The molecule has 1 radical (unpaired) electrons. The summed E-state index contributed by atoms with van der Waals surface area (Å²) in [6, 6.07) is 7.46. The minimum absolute atomic E-state index is 0.377. The number of hydrogen-bond acceptors (Lipinski definition) is 0. The maximum Gasteiger partial charge on any atom is 0.226 e. The molecule has 0 saturated carbocycles. The number of benzene rings is 1. The molecule has 0 N–H and O–H groups in total. The van der Waals surface area contributed by atoms with E-state index in [1.807, 2.05) is 24.3 Å². The lowest BCUT2D eigenvalue weighted by Gasteiger charge is -2.44. The van der Waals surface area contributed by atoms with Crippen LogP contribution >= 0.6 is 104 Å². The van der Waals surface area contributed by atoms with Crippen molar-refractivity contribution in [2.24, 2.45) is 0 Å². The fourth-order valence-electron chi connectivity index (χ4n) is 1.89. The average Bonchev–Trinajstić information content (AvgIpc) is 2.81. The normalized spacial score (nSPS) is 16.5. The zero-order valence-corrected chi connectivity index (χ0v) is 17.2. The van der Waals surface area contributed by atoms with E-state index in [1.165, 1.54) is 0 Å². The summed E-state index contributed by atoms with van der Waals surface area (Å²) in [5.74, 6) is 0. The minimum atomic E-state index is -2.29. The van der Waals surface area contributed by atoms with Crippen molar-refractivity contribution in [3.05, 3.63) is 47.4 Å². The van der Waals surface area contributed by atoms with Gasteiger partial charge in [0.15, 0.2) is 8.67 Å². The van der Waals surface area contributed by atoms with Crippen LogP contribution in [0, 0.1) is 6.42 Å². The van der Waals surface area contributed by atoms with Gasteiger partial charge in [-0.3, -0.25) is 0 Å². The monoisotopic (exact) mass is 477 g/mol. The largest absolute Gasteiger partial charge is 0.226 e. The van der Waals surface area contributed by atoms with E-state index >= 15 is 0 Å². The van der Waals surface area contributed by atoms with Gasteiger partial charge in [0.05, 0.1) is 0 Å². The van der Waals surface area contributed by atoms with E-state index in [1.54, 1.807) is 12.5 Å². The highest BCUT2D eigenvalue weighted by Crippen LogP contribution is 2.64. The standard InChI is InChI=1S/C13H6Cl9/c14-10(15,11(16,17)12(18,19)13(20,21)22)9-5-7-3-1-2-4-8(7)6-9/h1-6H. The fourth-order valence-corrected chi connectivity index (χ4v) is 4.08. The molecule has 0 unspecified atom stereocenters. The van der Waals surface area contributed by atoms with E-state index < -0.39 is 16.8 Å². The average molecular weight is 481 g/mol. The lowest BCUT2D eigenvalue weighted by molar-refractivity contribution is 0.631. The van der Waals surface area contributed by atoms with Gasteiger partial charge >= 0.3 is 0 Å². The van der Waals surface area contributed by atoms with Crippen LogP contribution in [0.2, 0.25) is 0 Å². The second-order valence-electron chi connectivity index (χ2n) is 4.59. The number of allylic oxidation sites excluding steroid dienone is 1. The third-order valence-corrected chi connectivity index (χ3v) is 8.60. The van der Waals surface area contributed by atoms with Crippen LogP contribution < -0.4 is 0 Å². The molecule has 0 aromatic heterocycles.